The van der Waals surface area contributed by atoms with Gasteiger partial charge in [-0.15, -0.1) is 0 Å². The molecule has 0 spiro atoms. The third-order valence-corrected chi connectivity index (χ3v) is 4.31. The number of anilines is 2. The number of benzene rings is 2. The van der Waals surface area contributed by atoms with Crippen LogP contribution >= 0.6 is 11.6 Å². The second-order valence-electron chi connectivity index (χ2n) is 5.67. The van der Waals surface area contributed by atoms with Gasteiger partial charge in [0, 0.05) is 36.0 Å². The first-order valence-corrected chi connectivity index (χ1v) is 7.94. The van der Waals surface area contributed by atoms with Gasteiger partial charge in [-0.3, -0.25) is 0 Å². The zero-order chi connectivity index (χ0) is 14.7. The fourth-order valence-corrected chi connectivity index (χ4v) is 3.05. The molecular formula is C18H21ClN2. The summed E-state index contributed by atoms with van der Waals surface area (Å²) < 4.78 is 0. The summed E-state index contributed by atoms with van der Waals surface area (Å²) in [5, 5.41) is 4.26. The molecule has 2 aromatic carbocycles. The molecule has 0 amide bonds. The van der Waals surface area contributed by atoms with Crippen molar-refractivity contribution in [3.63, 3.8) is 0 Å². The Morgan fingerprint density at radius 2 is 1.76 bits per heavy atom. The van der Waals surface area contributed by atoms with Crippen molar-refractivity contribution in [1.29, 1.82) is 0 Å². The molecule has 1 heterocycles. The Morgan fingerprint density at radius 3 is 2.43 bits per heavy atom. The predicted octanol–water partition coefficient (Wildman–Crippen LogP) is 4.86. The molecule has 0 aromatic heterocycles. The molecule has 2 aromatic rings. The summed E-state index contributed by atoms with van der Waals surface area (Å²) in [7, 11) is 0. The molecule has 2 nitrogen and oxygen atoms in total. The molecule has 0 aliphatic carbocycles. The first-order chi connectivity index (χ1) is 10.2. The lowest BCUT2D eigenvalue weighted by Crippen LogP contribution is -2.17. The molecule has 0 atom stereocenters. The van der Waals surface area contributed by atoms with Crippen LogP contribution in [0.2, 0.25) is 5.02 Å². The van der Waals surface area contributed by atoms with E-state index in [1.807, 2.05) is 18.2 Å². The van der Waals surface area contributed by atoms with Gasteiger partial charge in [0.1, 0.15) is 0 Å². The van der Waals surface area contributed by atoms with Crippen LogP contribution in [-0.4, -0.2) is 13.1 Å². The summed E-state index contributed by atoms with van der Waals surface area (Å²) in [6.07, 6.45) is 2.64. The molecule has 1 saturated heterocycles. The van der Waals surface area contributed by atoms with E-state index in [4.69, 9.17) is 11.6 Å². The maximum Gasteiger partial charge on any atom is 0.0410 e. The van der Waals surface area contributed by atoms with Crippen LogP contribution < -0.4 is 10.2 Å². The number of nitrogens with one attached hydrogen (secondary N) is 1. The molecular weight excluding hydrogens is 280 g/mol. The van der Waals surface area contributed by atoms with Crippen molar-refractivity contribution in [3.05, 3.63) is 58.6 Å². The number of aryl methyl sites for hydroxylation is 1. The highest BCUT2D eigenvalue weighted by Crippen LogP contribution is 2.22. The van der Waals surface area contributed by atoms with E-state index in [0.29, 0.717) is 0 Å². The molecule has 0 radical (unpaired) electrons. The van der Waals surface area contributed by atoms with E-state index in [-0.39, 0.29) is 0 Å². The van der Waals surface area contributed by atoms with Gasteiger partial charge in [0.15, 0.2) is 0 Å². The average Bonchev–Trinajstić information content (AvgIpc) is 3.01. The summed E-state index contributed by atoms with van der Waals surface area (Å²) in [6.45, 7) is 5.30. The van der Waals surface area contributed by atoms with Crippen LogP contribution in [0.5, 0.6) is 0 Å². The van der Waals surface area contributed by atoms with E-state index in [0.717, 1.165) is 17.3 Å². The molecule has 21 heavy (non-hydrogen) atoms. The van der Waals surface area contributed by atoms with E-state index in [1.54, 1.807) is 0 Å². The second-order valence-corrected chi connectivity index (χ2v) is 6.11. The number of rotatable bonds is 4. The highest BCUT2D eigenvalue weighted by molar-refractivity contribution is 6.30. The minimum atomic E-state index is 0.785. The van der Waals surface area contributed by atoms with Gasteiger partial charge in [0.25, 0.3) is 0 Å². The Balaban J connectivity index is 1.62. The van der Waals surface area contributed by atoms with Gasteiger partial charge < -0.3 is 10.2 Å². The van der Waals surface area contributed by atoms with Crippen LogP contribution in [0.25, 0.3) is 0 Å². The number of halogens is 1. The Bertz CT molecular complexity index is 601. The quantitative estimate of drug-likeness (QED) is 0.867. The Labute approximate surface area is 131 Å². The van der Waals surface area contributed by atoms with Crippen molar-refractivity contribution >= 4 is 23.0 Å². The Kier molecular flexibility index (Phi) is 4.35. The van der Waals surface area contributed by atoms with Crippen molar-refractivity contribution in [2.75, 3.05) is 23.3 Å². The predicted molar refractivity (Wildman–Crippen MR) is 91.4 cm³/mol. The first-order valence-electron chi connectivity index (χ1n) is 7.56. The van der Waals surface area contributed by atoms with Gasteiger partial charge in [0.2, 0.25) is 0 Å². The van der Waals surface area contributed by atoms with E-state index < -0.39 is 0 Å². The number of nitrogens with zero attached hydrogens (tertiary/aromatic N) is 1. The van der Waals surface area contributed by atoms with Crippen molar-refractivity contribution < 1.29 is 0 Å². The van der Waals surface area contributed by atoms with Crippen LogP contribution in [-0.2, 0) is 6.54 Å². The highest BCUT2D eigenvalue weighted by Gasteiger charge is 2.11. The van der Waals surface area contributed by atoms with Gasteiger partial charge >= 0.3 is 0 Å². The fourth-order valence-electron chi connectivity index (χ4n) is 2.82. The molecule has 0 saturated carbocycles. The van der Waals surface area contributed by atoms with E-state index >= 15 is 0 Å². The SMILES string of the molecule is Cc1cc(Cl)ccc1NCc1ccc(N2CCCC2)cc1. The summed E-state index contributed by atoms with van der Waals surface area (Å²) in [5.41, 5.74) is 4.96. The largest absolute Gasteiger partial charge is 0.381 e. The zero-order valence-electron chi connectivity index (χ0n) is 12.4. The summed E-state index contributed by atoms with van der Waals surface area (Å²) in [4.78, 5) is 2.46. The molecule has 3 rings (SSSR count). The average molecular weight is 301 g/mol. The Morgan fingerprint density at radius 1 is 1.05 bits per heavy atom. The fraction of sp³-hybridized carbons (Fsp3) is 0.333. The summed E-state index contributed by atoms with van der Waals surface area (Å²) in [5.74, 6) is 0. The molecule has 1 fully saturated rings. The van der Waals surface area contributed by atoms with Crippen molar-refractivity contribution in [3.8, 4) is 0 Å². The third kappa shape index (κ3) is 3.51. The zero-order valence-corrected chi connectivity index (χ0v) is 13.2. The van der Waals surface area contributed by atoms with E-state index in [2.05, 4.69) is 41.4 Å². The number of hydrogen-bond acceptors (Lipinski definition) is 2. The normalized spacial score (nSPS) is 14.5. The maximum absolute atomic E-state index is 5.98. The molecule has 1 aliphatic heterocycles. The monoisotopic (exact) mass is 300 g/mol. The lowest BCUT2D eigenvalue weighted by Gasteiger charge is -2.18. The van der Waals surface area contributed by atoms with Crippen LogP contribution in [0.3, 0.4) is 0 Å². The lowest BCUT2D eigenvalue weighted by molar-refractivity contribution is 0.949. The summed E-state index contributed by atoms with van der Waals surface area (Å²) >= 11 is 5.98. The molecule has 1 aliphatic rings. The smallest absolute Gasteiger partial charge is 0.0410 e. The van der Waals surface area contributed by atoms with Gasteiger partial charge in [0.05, 0.1) is 0 Å². The molecule has 110 valence electrons. The van der Waals surface area contributed by atoms with Crippen molar-refractivity contribution in [2.45, 2.75) is 26.3 Å². The van der Waals surface area contributed by atoms with Gasteiger partial charge in [-0.1, -0.05) is 23.7 Å². The van der Waals surface area contributed by atoms with Crippen LogP contribution in [0.1, 0.15) is 24.0 Å². The lowest BCUT2D eigenvalue weighted by atomic mass is 10.1. The molecule has 0 bridgehead atoms. The van der Waals surface area contributed by atoms with Gasteiger partial charge in [-0.2, -0.15) is 0 Å². The van der Waals surface area contributed by atoms with Gasteiger partial charge in [-0.25, -0.2) is 0 Å². The molecule has 1 N–H and O–H groups in total. The van der Waals surface area contributed by atoms with E-state index in [1.165, 1.54) is 42.7 Å². The standard InChI is InChI=1S/C18H21ClN2/c1-14-12-16(19)6-9-18(14)20-13-15-4-7-17(8-5-15)21-10-2-3-11-21/h4-9,12,20H,2-3,10-11,13H2,1H3. The van der Waals surface area contributed by atoms with Crippen LogP contribution in [0, 0.1) is 6.92 Å². The van der Waals surface area contributed by atoms with Crippen molar-refractivity contribution in [1.82, 2.24) is 0 Å². The van der Waals surface area contributed by atoms with Crippen molar-refractivity contribution in [2.24, 2.45) is 0 Å². The van der Waals surface area contributed by atoms with Crippen LogP contribution in [0.4, 0.5) is 11.4 Å². The summed E-state index contributed by atoms with van der Waals surface area (Å²) in [6, 6.07) is 14.8. The topological polar surface area (TPSA) is 15.3 Å². The first kappa shape index (κ1) is 14.3. The minimum Gasteiger partial charge on any atom is -0.381 e. The maximum atomic E-state index is 5.98. The molecule has 0 unspecified atom stereocenters. The third-order valence-electron chi connectivity index (χ3n) is 4.08. The van der Waals surface area contributed by atoms with E-state index in [9.17, 15) is 0 Å². The molecule has 3 heteroatoms. The second kappa shape index (κ2) is 6.40. The Hall–Kier alpha value is -1.67. The number of hydrogen-bond donors (Lipinski definition) is 1. The van der Waals surface area contributed by atoms with Crippen LogP contribution in [0.15, 0.2) is 42.5 Å². The highest BCUT2D eigenvalue weighted by atomic mass is 35.5. The van der Waals surface area contributed by atoms with Gasteiger partial charge in [-0.05, 0) is 61.2 Å². The minimum absolute atomic E-state index is 0.785.